The number of carboxylic acids is 1. The van der Waals surface area contributed by atoms with E-state index in [1.54, 1.807) is 31.2 Å². The van der Waals surface area contributed by atoms with E-state index in [1.807, 2.05) is 24.3 Å². The van der Waals surface area contributed by atoms with Crippen LogP contribution in [0.2, 0.25) is 0 Å². The summed E-state index contributed by atoms with van der Waals surface area (Å²) >= 11 is 0. The second-order valence-electron chi connectivity index (χ2n) is 6.03. The molecule has 0 saturated heterocycles. The lowest BCUT2D eigenvalue weighted by molar-refractivity contribution is -0.141. The molecule has 2 aromatic rings. The number of hydrogen-bond acceptors (Lipinski definition) is 3. The van der Waals surface area contributed by atoms with E-state index in [0.29, 0.717) is 24.2 Å². The van der Waals surface area contributed by atoms with Crippen molar-refractivity contribution in [2.45, 2.75) is 19.9 Å². The first-order chi connectivity index (χ1) is 12.3. The predicted molar refractivity (Wildman–Crippen MR) is 100 cm³/mol. The molecule has 0 aliphatic rings. The molecule has 136 valence electrons. The van der Waals surface area contributed by atoms with Crippen LogP contribution in [0.4, 0.5) is 5.69 Å². The van der Waals surface area contributed by atoms with Crippen molar-refractivity contribution >= 4 is 23.5 Å². The average molecular weight is 354 g/mol. The van der Waals surface area contributed by atoms with Gasteiger partial charge in [0.15, 0.2) is 5.96 Å². The molecule has 0 aromatic heterocycles. The van der Waals surface area contributed by atoms with E-state index < -0.39 is 11.9 Å². The fourth-order valence-electron chi connectivity index (χ4n) is 2.46. The van der Waals surface area contributed by atoms with Crippen molar-refractivity contribution in [1.82, 2.24) is 5.32 Å². The summed E-state index contributed by atoms with van der Waals surface area (Å²) in [6, 6.07) is 14.2. The summed E-state index contributed by atoms with van der Waals surface area (Å²) in [6.45, 7) is 2.00. The number of aliphatic imine (C=N–C) groups is 1. The number of carbonyl (C=O) groups is 2. The molecule has 0 aliphatic heterocycles. The number of amides is 1. The molecule has 0 saturated carbocycles. The molecule has 0 heterocycles. The number of nitrogens with two attached hydrogens (primary N) is 2. The molecule has 6 N–H and O–H groups in total. The second-order valence-corrected chi connectivity index (χ2v) is 6.03. The molecule has 0 aliphatic carbocycles. The Morgan fingerprint density at radius 2 is 1.81 bits per heavy atom. The number of nitrogens with one attached hydrogen (secondary N) is 1. The van der Waals surface area contributed by atoms with E-state index in [0.717, 1.165) is 11.1 Å². The van der Waals surface area contributed by atoms with Crippen LogP contribution in [0.5, 0.6) is 0 Å². The van der Waals surface area contributed by atoms with E-state index in [2.05, 4.69) is 10.3 Å². The third-order valence-corrected chi connectivity index (χ3v) is 3.77. The van der Waals surface area contributed by atoms with E-state index in [1.165, 1.54) is 0 Å². The summed E-state index contributed by atoms with van der Waals surface area (Å²) in [7, 11) is 0. The van der Waals surface area contributed by atoms with Crippen LogP contribution in [0.1, 0.15) is 28.4 Å². The highest BCUT2D eigenvalue weighted by Crippen LogP contribution is 2.15. The maximum absolute atomic E-state index is 12.3. The normalized spacial score (nSPS) is 11.4. The minimum absolute atomic E-state index is 0.0741. The van der Waals surface area contributed by atoms with Crippen LogP contribution in [0.3, 0.4) is 0 Å². The van der Waals surface area contributed by atoms with Gasteiger partial charge in [-0.3, -0.25) is 9.59 Å². The number of rotatable bonds is 7. The molecular weight excluding hydrogens is 332 g/mol. The molecule has 0 radical (unpaired) electrons. The maximum Gasteiger partial charge on any atom is 0.306 e. The van der Waals surface area contributed by atoms with Crippen molar-refractivity contribution in [3.05, 3.63) is 65.2 Å². The van der Waals surface area contributed by atoms with Gasteiger partial charge in [0.1, 0.15) is 0 Å². The van der Waals surface area contributed by atoms with Crippen LogP contribution in [0, 0.1) is 5.92 Å². The quantitative estimate of drug-likeness (QED) is 0.445. The van der Waals surface area contributed by atoms with Crippen molar-refractivity contribution in [3.63, 3.8) is 0 Å². The SMILES string of the molecule is CC(Cc1cccc(CNC(=O)c2cccc(N=C(N)N)c2)c1)C(=O)O. The Morgan fingerprint density at radius 1 is 1.12 bits per heavy atom. The van der Waals surface area contributed by atoms with E-state index in [-0.39, 0.29) is 11.9 Å². The Bertz CT molecular complexity index is 829. The minimum atomic E-state index is -0.829. The number of guanidine groups is 1. The van der Waals surface area contributed by atoms with Crippen LogP contribution < -0.4 is 16.8 Å². The first kappa shape index (κ1) is 19.0. The summed E-state index contributed by atoms with van der Waals surface area (Å²) in [5.74, 6) is -1.61. The first-order valence-electron chi connectivity index (χ1n) is 8.13. The van der Waals surface area contributed by atoms with Gasteiger partial charge >= 0.3 is 5.97 Å². The number of nitrogens with zero attached hydrogens (tertiary/aromatic N) is 1. The van der Waals surface area contributed by atoms with Crippen molar-refractivity contribution in [3.8, 4) is 0 Å². The van der Waals surface area contributed by atoms with Crippen molar-refractivity contribution in [2.24, 2.45) is 22.4 Å². The fourth-order valence-corrected chi connectivity index (χ4v) is 2.46. The topological polar surface area (TPSA) is 131 Å². The lowest BCUT2D eigenvalue weighted by Gasteiger charge is -2.10. The summed E-state index contributed by atoms with van der Waals surface area (Å²) in [5, 5.41) is 11.8. The molecule has 1 amide bonds. The first-order valence-corrected chi connectivity index (χ1v) is 8.13. The number of benzene rings is 2. The summed E-state index contributed by atoms with van der Waals surface area (Å²) in [4.78, 5) is 27.2. The third-order valence-electron chi connectivity index (χ3n) is 3.77. The Balaban J connectivity index is 2.01. The number of aliphatic carboxylic acids is 1. The summed E-state index contributed by atoms with van der Waals surface area (Å²) in [5.41, 5.74) is 13.5. The van der Waals surface area contributed by atoms with Crippen molar-refractivity contribution < 1.29 is 14.7 Å². The van der Waals surface area contributed by atoms with Gasteiger partial charge in [0.2, 0.25) is 0 Å². The average Bonchev–Trinajstić information content (AvgIpc) is 2.59. The van der Waals surface area contributed by atoms with Crippen LogP contribution in [0.25, 0.3) is 0 Å². The van der Waals surface area contributed by atoms with Crippen molar-refractivity contribution in [1.29, 1.82) is 0 Å². The van der Waals surface area contributed by atoms with Gasteiger partial charge in [-0.1, -0.05) is 37.3 Å². The molecule has 0 spiro atoms. The van der Waals surface area contributed by atoms with Crippen LogP contribution >= 0.6 is 0 Å². The second kappa shape index (κ2) is 8.66. The van der Waals surface area contributed by atoms with Crippen LogP contribution in [-0.4, -0.2) is 22.9 Å². The highest BCUT2D eigenvalue weighted by molar-refractivity contribution is 5.95. The van der Waals surface area contributed by atoms with E-state index >= 15 is 0 Å². The Morgan fingerprint density at radius 3 is 2.50 bits per heavy atom. The Hall–Kier alpha value is -3.35. The van der Waals surface area contributed by atoms with Gasteiger partial charge in [0, 0.05) is 12.1 Å². The largest absolute Gasteiger partial charge is 0.481 e. The van der Waals surface area contributed by atoms with E-state index in [4.69, 9.17) is 16.6 Å². The molecule has 7 nitrogen and oxygen atoms in total. The van der Waals surface area contributed by atoms with Gasteiger partial charge in [0.25, 0.3) is 5.91 Å². The fraction of sp³-hybridized carbons (Fsp3) is 0.211. The Kier molecular flexibility index (Phi) is 6.32. The van der Waals surface area contributed by atoms with Gasteiger partial charge in [-0.2, -0.15) is 0 Å². The zero-order chi connectivity index (χ0) is 19.1. The molecule has 1 unspecified atom stereocenters. The smallest absolute Gasteiger partial charge is 0.306 e. The molecular formula is C19H22N4O3. The zero-order valence-electron chi connectivity index (χ0n) is 14.5. The van der Waals surface area contributed by atoms with Gasteiger partial charge in [-0.25, -0.2) is 4.99 Å². The molecule has 7 heteroatoms. The molecule has 2 aromatic carbocycles. The minimum Gasteiger partial charge on any atom is -0.481 e. The number of hydrogen-bond donors (Lipinski definition) is 4. The van der Waals surface area contributed by atoms with Crippen LogP contribution in [-0.2, 0) is 17.8 Å². The lowest BCUT2D eigenvalue weighted by atomic mass is 9.99. The zero-order valence-corrected chi connectivity index (χ0v) is 14.5. The van der Waals surface area contributed by atoms with Gasteiger partial charge in [-0.15, -0.1) is 0 Å². The highest BCUT2D eigenvalue weighted by Gasteiger charge is 2.12. The van der Waals surface area contributed by atoms with Crippen LogP contribution in [0.15, 0.2) is 53.5 Å². The molecule has 1 atom stereocenters. The maximum atomic E-state index is 12.3. The van der Waals surface area contributed by atoms with E-state index in [9.17, 15) is 9.59 Å². The molecule has 0 fully saturated rings. The van der Waals surface area contributed by atoms with Gasteiger partial charge < -0.3 is 21.9 Å². The molecule has 2 rings (SSSR count). The predicted octanol–water partition coefficient (Wildman–Crippen LogP) is 1.78. The summed E-state index contributed by atoms with van der Waals surface area (Å²) in [6.07, 6.45) is 0.442. The van der Waals surface area contributed by atoms with Gasteiger partial charge in [-0.05, 0) is 35.7 Å². The highest BCUT2D eigenvalue weighted by atomic mass is 16.4. The molecule has 26 heavy (non-hydrogen) atoms. The van der Waals surface area contributed by atoms with Crippen molar-refractivity contribution in [2.75, 3.05) is 0 Å². The number of carbonyl (C=O) groups excluding carboxylic acids is 1. The third kappa shape index (κ3) is 5.62. The molecule has 0 bridgehead atoms. The monoisotopic (exact) mass is 354 g/mol. The standard InChI is InChI=1S/C19H22N4O3/c1-12(18(25)26)8-13-4-2-5-14(9-13)11-22-17(24)15-6-3-7-16(10-15)23-19(20)21/h2-7,9-10,12H,8,11H2,1H3,(H,22,24)(H,25,26)(H4,20,21,23). The lowest BCUT2D eigenvalue weighted by Crippen LogP contribution is -2.23. The number of carboxylic acid groups (broad SMARTS) is 1. The van der Waals surface area contributed by atoms with Gasteiger partial charge in [0.05, 0.1) is 11.6 Å². The summed E-state index contributed by atoms with van der Waals surface area (Å²) < 4.78 is 0. The Labute approximate surface area is 151 Å².